The number of hydrogen-bond acceptors (Lipinski definition) is 4. The number of nitrogen functional groups attached to an aromatic ring is 1. The molecule has 1 aliphatic heterocycles. The van der Waals surface area contributed by atoms with Crippen LogP contribution in [0, 0.1) is 0 Å². The molecule has 2 heterocycles. The lowest BCUT2D eigenvalue weighted by atomic mass is 10.1. The third-order valence-electron chi connectivity index (χ3n) is 2.69. The summed E-state index contributed by atoms with van der Waals surface area (Å²) in [6.07, 6.45) is 3.46. The van der Waals surface area contributed by atoms with Gasteiger partial charge in [0.1, 0.15) is 5.76 Å². The molecule has 4 heteroatoms. The van der Waals surface area contributed by atoms with Gasteiger partial charge in [-0.2, -0.15) is 0 Å². The standard InChI is InChI=1S/C9H15N3O/c1-12-4-2-3-7(12)5-8-6-9(10)11-13-8/h6-7H,2-5H2,1H3,(H2,10,11). The first-order valence-corrected chi connectivity index (χ1v) is 4.67. The van der Waals surface area contributed by atoms with Crippen molar-refractivity contribution in [3.8, 4) is 0 Å². The molecule has 0 bridgehead atoms. The van der Waals surface area contributed by atoms with Gasteiger partial charge in [0.25, 0.3) is 0 Å². The molecular formula is C9H15N3O. The quantitative estimate of drug-likeness (QED) is 0.736. The molecule has 4 nitrogen and oxygen atoms in total. The van der Waals surface area contributed by atoms with Crippen LogP contribution in [0.1, 0.15) is 18.6 Å². The minimum absolute atomic E-state index is 0.482. The van der Waals surface area contributed by atoms with Gasteiger partial charge in [0.15, 0.2) is 5.82 Å². The average molecular weight is 181 g/mol. The van der Waals surface area contributed by atoms with Crippen LogP contribution in [0.4, 0.5) is 5.82 Å². The van der Waals surface area contributed by atoms with Crippen LogP contribution in [-0.4, -0.2) is 29.7 Å². The Bertz CT molecular complexity index is 284. The van der Waals surface area contributed by atoms with Crippen LogP contribution >= 0.6 is 0 Å². The minimum atomic E-state index is 0.482. The Labute approximate surface area is 77.7 Å². The van der Waals surface area contributed by atoms with E-state index in [0.29, 0.717) is 11.9 Å². The summed E-state index contributed by atoms with van der Waals surface area (Å²) in [5.74, 6) is 1.38. The van der Waals surface area contributed by atoms with Gasteiger partial charge in [-0.25, -0.2) is 0 Å². The molecule has 0 spiro atoms. The number of hydrogen-bond donors (Lipinski definition) is 1. The maximum absolute atomic E-state index is 5.47. The van der Waals surface area contributed by atoms with Gasteiger partial charge in [-0.3, -0.25) is 0 Å². The van der Waals surface area contributed by atoms with Gasteiger partial charge >= 0.3 is 0 Å². The van der Waals surface area contributed by atoms with Crippen molar-refractivity contribution in [2.24, 2.45) is 0 Å². The lowest BCUT2D eigenvalue weighted by Gasteiger charge is -2.17. The molecule has 2 N–H and O–H groups in total. The Hall–Kier alpha value is -1.03. The Morgan fingerprint density at radius 1 is 1.77 bits per heavy atom. The van der Waals surface area contributed by atoms with E-state index in [1.165, 1.54) is 19.4 Å². The van der Waals surface area contributed by atoms with Gasteiger partial charge in [0.05, 0.1) is 0 Å². The Kier molecular flexibility index (Phi) is 2.22. The number of likely N-dealkylation sites (N-methyl/N-ethyl adjacent to an activating group) is 1. The molecule has 0 saturated carbocycles. The maximum Gasteiger partial charge on any atom is 0.167 e. The fourth-order valence-electron chi connectivity index (χ4n) is 1.89. The largest absolute Gasteiger partial charge is 0.381 e. The first-order chi connectivity index (χ1) is 6.25. The molecule has 0 aromatic carbocycles. The van der Waals surface area contributed by atoms with E-state index >= 15 is 0 Å². The van der Waals surface area contributed by atoms with E-state index < -0.39 is 0 Å². The second-order valence-electron chi connectivity index (χ2n) is 3.70. The van der Waals surface area contributed by atoms with Crippen LogP contribution < -0.4 is 5.73 Å². The van der Waals surface area contributed by atoms with Crippen molar-refractivity contribution in [3.05, 3.63) is 11.8 Å². The zero-order valence-corrected chi connectivity index (χ0v) is 7.86. The summed E-state index contributed by atoms with van der Waals surface area (Å²) < 4.78 is 5.07. The average Bonchev–Trinajstić information content (AvgIpc) is 2.64. The monoisotopic (exact) mass is 181 g/mol. The van der Waals surface area contributed by atoms with Gasteiger partial charge in [0.2, 0.25) is 0 Å². The highest BCUT2D eigenvalue weighted by molar-refractivity contribution is 5.26. The van der Waals surface area contributed by atoms with Gasteiger partial charge in [0, 0.05) is 18.5 Å². The first kappa shape index (κ1) is 8.56. The molecular weight excluding hydrogens is 166 g/mol. The molecule has 1 aromatic heterocycles. The predicted molar refractivity (Wildman–Crippen MR) is 50.3 cm³/mol. The van der Waals surface area contributed by atoms with Crippen molar-refractivity contribution in [2.45, 2.75) is 25.3 Å². The van der Waals surface area contributed by atoms with Crippen LogP contribution in [0.5, 0.6) is 0 Å². The molecule has 1 fully saturated rings. The third-order valence-corrected chi connectivity index (χ3v) is 2.69. The van der Waals surface area contributed by atoms with Crippen molar-refractivity contribution in [1.29, 1.82) is 0 Å². The molecule has 1 aromatic rings. The number of anilines is 1. The fraction of sp³-hybridized carbons (Fsp3) is 0.667. The normalized spacial score (nSPS) is 23.9. The molecule has 1 aliphatic rings. The van der Waals surface area contributed by atoms with E-state index in [0.717, 1.165) is 12.2 Å². The topological polar surface area (TPSA) is 55.3 Å². The molecule has 1 unspecified atom stereocenters. The van der Waals surface area contributed by atoms with E-state index in [1.807, 2.05) is 6.07 Å². The number of nitrogens with zero attached hydrogens (tertiary/aromatic N) is 2. The lowest BCUT2D eigenvalue weighted by molar-refractivity contribution is 0.283. The molecule has 72 valence electrons. The molecule has 2 rings (SSSR count). The Morgan fingerprint density at radius 2 is 2.62 bits per heavy atom. The Balaban J connectivity index is 1.97. The molecule has 0 amide bonds. The summed E-state index contributed by atoms with van der Waals surface area (Å²) in [7, 11) is 2.15. The summed E-state index contributed by atoms with van der Waals surface area (Å²) in [6, 6.07) is 2.42. The second-order valence-corrected chi connectivity index (χ2v) is 3.70. The number of nitrogens with two attached hydrogens (primary N) is 1. The summed E-state index contributed by atoms with van der Waals surface area (Å²) in [4.78, 5) is 2.36. The smallest absolute Gasteiger partial charge is 0.167 e. The maximum atomic E-state index is 5.47. The van der Waals surface area contributed by atoms with E-state index in [-0.39, 0.29) is 0 Å². The van der Waals surface area contributed by atoms with Gasteiger partial charge in [-0.05, 0) is 26.4 Å². The van der Waals surface area contributed by atoms with Gasteiger partial charge in [-0.1, -0.05) is 5.16 Å². The molecule has 0 aliphatic carbocycles. The zero-order chi connectivity index (χ0) is 9.26. The van der Waals surface area contributed by atoms with Crippen molar-refractivity contribution < 1.29 is 4.52 Å². The van der Waals surface area contributed by atoms with Crippen LogP contribution in [0.25, 0.3) is 0 Å². The molecule has 1 atom stereocenters. The third kappa shape index (κ3) is 1.83. The summed E-state index contributed by atoms with van der Waals surface area (Å²) >= 11 is 0. The van der Waals surface area contributed by atoms with Gasteiger partial charge in [-0.15, -0.1) is 0 Å². The van der Waals surface area contributed by atoms with Crippen molar-refractivity contribution in [3.63, 3.8) is 0 Å². The Morgan fingerprint density at radius 3 is 3.15 bits per heavy atom. The highest BCUT2D eigenvalue weighted by Crippen LogP contribution is 2.19. The van der Waals surface area contributed by atoms with Crippen LogP contribution in [0.15, 0.2) is 10.6 Å². The first-order valence-electron chi connectivity index (χ1n) is 4.67. The highest BCUT2D eigenvalue weighted by Gasteiger charge is 2.22. The van der Waals surface area contributed by atoms with Crippen molar-refractivity contribution >= 4 is 5.82 Å². The predicted octanol–water partition coefficient (Wildman–Crippen LogP) is 0.893. The molecule has 1 saturated heterocycles. The van der Waals surface area contributed by atoms with E-state index in [1.54, 1.807) is 0 Å². The number of rotatable bonds is 2. The van der Waals surface area contributed by atoms with Crippen molar-refractivity contribution in [2.75, 3.05) is 19.3 Å². The van der Waals surface area contributed by atoms with Crippen molar-refractivity contribution in [1.82, 2.24) is 10.1 Å². The molecule has 0 radical (unpaired) electrons. The number of aromatic nitrogens is 1. The zero-order valence-electron chi connectivity index (χ0n) is 7.86. The fourth-order valence-corrected chi connectivity index (χ4v) is 1.89. The van der Waals surface area contributed by atoms with Crippen LogP contribution in [0.2, 0.25) is 0 Å². The van der Waals surface area contributed by atoms with Crippen LogP contribution in [-0.2, 0) is 6.42 Å². The van der Waals surface area contributed by atoms with E-state index in [9.17, 15) is 0 Å². The summed E-state index contributed by atoms with van der Waals surface area (Å²) in [5.41, 5.74) is 5.47. The highest BCUT2D eigenvalue weighted by atomic mass is 16.5. The minimum Gasteiger partial charge on any atom is -0.381 e. The van der Waals surface area contributed by atoms with Gasteiger partial charge < -0.3 is 15.2 Å². The van der Waals surface area contributed by atoms with Crippen LogP contribution in [0.3, 0.4) is 0 Å². The molecule has 13 heavy (non-hydrogen) atoms. The lowest BCUT2D eigenvalue weighted by Crippen LogP contribution is -2.26. The second kappa shape index (κ2) is 3.38. The van der Waals surface area contributed by atoms with E-state index in [2.05, 4.69) is 17.1 Å². The summed E-state index contributed by atoms with van der Waals surface area (Å²) in [6.45, 7) is 1.19. The summed E-state index contributed by atoms with van der Waals surface area (Å²) in [5, 5.41) is 3.67. The SMILES string of the molecule is CN1CCCC1Cc1cc(N)no1. The number of likely N-dealkylation sites (tertiary alicyclic amines) is 1. The van der Waals surface area contributed by atoms with E-state index in [4.69, 9.17) is 10.3 Å².